The zero-order valence-corrected chi connectivity index (χ0v) is 22.7. The number of fused-ring (bicyclic) bond motifs is 1. The lowest BCUT2D eigenvalue weighted by Gasteiger charge is -2.37. The van der Waals surface area contributed by atoms with Crippen molar-refractivity contribution in [3.8, 4) is 5.88 Å². The van der Waals surface area contributed by atoms with E-state index in [0.29, 0.717) is 29.4 Å². The Labute approximate surface area is 216 Å². The van der Waals surface area contributed by atoms with Gasteiger partial charge in [0.05, 0.1) is 22.6 Å². The second-order valence-corrected chi connectivity index (χ2v) is 12.6. The van der Waals surface area contributed by atoms with Gasteiger partial charge >= 0.3 is 0 Å². The zero-order valence-electron chi connectivity index (χ0n) is 21.9. The van der Waals surface area contributed by atoms with Crippen LogP contribution >= 0.6 is 0 Å². The molecule has 2 atom stereocenters. The maximum atomic E-state index is 11.7. The highest BCUT2D eigenvalue weighted by Crippen LogP contribution is 2.36. The summed E-state index contributed by atoms with van der Waals surface area (Å²) in [7, 11) is -3.08. The van der Waals surface area contributed by atoms with Gasteiger partial charge in [0, 0.05) is 24.4 Å². The zero-order chi connectivity index (χ0) is 27.2. The molecule has 0 radical (unpaired) electrons. The average Bonchev–Trinajstić information content (AvgIpc) is 2.78. The van der Waals surface area contributed by atoms with Gasteiger partial charge in [-0.2, -0.15) is 0 Å². The highest BCUT2D eigenvalue weighted by Gasteiger charge is 2.47. The lowest BCUT2D eigenvalue weighted by atomic mass is 9.87. The quantitative estimate of drug-likeness (QED) is 0.395. The van der Waals surface area contributed by atoms with Gasteiger partial charge in [0.15, 0.2) is 9.84 Å². The van der Waals surface area contributed by atoms with Crippen LogP contribution in [0, 0.1) is 6.92 Å². The molecule has 0 aromatic carbocycles. The predicted molar refractivity (Wildman–Crippen MR) is 142 cm³/mol. The number of nitrogens with zero attached hydrogens (tertiary/aromatic N) is 3. The van der Waals surface area contributed by atoms with Gasteiger partial charge in [0.1, 0.15) is 22.8 Å². The number of aryl methyl sites for hydroxylation is 1. The number of ether oxygens (including phenoxy) is 2. The number of aromatic nitrogens is 3. The van der Waals surface area contributed by atoms with Gasteiger partial charge in [0.2, 0.25) is 5.88 Å². The summed E-state index contributed by atoms with van der Waals surface area (Å²) in [6.45, 7) is 11.7. The molecule has 3 aromatic heterocycles. The number of anilines is 2. The van der Waals surface area contributed by atoms with Crippen molar-refractivity contribution in [2.45, 2.75) is 64.7 Å². The molecule has 37 heavy (non-hydrogen) atoms. The first kappa shape index (κ1) is 26.7. The number of nitrogens with two attached hydrogens (primary N) is 1. The number of rotatable bonds is 9. The van der Waals surface area contributed by atoms with E-state index in [1.165, 1.54) is 0 Å². The lowest BCUT2D eigenvalue weighted by Crippen LogP contribution is -2.56. The molecule has 0 spiro atoms. The second kappa shape index (κ2) is 9.53. The van der Waals surface area contributed by atoms with E-state index in [1.807, 2.05) is 52.8 Å². The van der Waals surface area contributed by atoms with Gasteiger partial charge in [-0.05, 0) is 63.3 Å². The first-order valence-electron chi connectivity index (χ1n) is 12.0. The minimum absolute atomic E-state index is 0.0557. The predicted octanol–water partition coefficient (Wildman–Crippen LogP) is 3.72. The number of nitrogens with one attached hydrogen (secondary N) is 1. The summed E-state index contributed by atoms with van der Waals surface area (Å²) < 4.78 is 34.8. The molecule has 1 aliphatic heterocycles. The third-order valence-electron chi connectivity index (χ3n) is 6.85. The third kappa shape index (κ3) is 5.52. The third-order valence-corrected chi connectivity index (χ3v) is 8.95. The van der Waals surface area contributed by atoms with Gasteiger partial charge in [0.25, 0.3) is 6.47 Å². The van der Waals surface area contributed by atoms with Crippen molar-refractivity contribution in [1.29, 1.82) is 0 Å². The van der Waals surface area contributed by atoms with Crippen molar-refractivity contribution in [3.05, 3.63) is 47.4 Å². The molecule has 4 rings (SSSR count). The number of carbonyl (C=O) groups is 1. The Morgan fingerprint density at radius 2 is 1.84 bits per heavy atom. The fourth-order valence-electron chi connectivity index (χ4n) is 4.56. The summed E-state index contributed by atoms with van der Waals surface area (Å²) in [4.78, 5) is 24.7. The van der Waals surface area contributed by atoms with Gasteiger partial charge in [-0.15, -0.1) is 0 Å². The molecule has 0 bridgehead atoms. The second-order valence-electron chi connectivity index (χ2n) is 10.6. The Kier molecular flexibility index (Phi) is 6.89. The minimum atomic E-state index is -3.08. The lowest BCUT2D eigenvalue weighted by molar-refractivity contribution is -0.142. The normalized spacial score (nSPS) is 17.9. The standard InChI is InChI=1S/C26H33N5O5S/c1-15-7-8-21(31-23(15)16(2)25(4,5)35-14-32)30-22-9-18-19(17(3)27)10-29-24(20(18)11-28-22)36-26(6)12-37(33,34)13-26/h7-11,14,16-17H,12-13,27H2,1-6H3,(H,28,30,31). The van der Waals surface area contributed by atoms with E-state index < -0.39 is 21.0 Å². The van der Waals surface area contributed by atoms with E-state index in [0.717, 1.165) is 22.2 Å². The summed E-state index contributed by atoms with van der Waals surface area (Å²) in [5.41, 5.74) is 7.24. The number of carbonyl (C=O) groups excluding carboxylic acids is 1. The summed E-state index contributed by atoms with van der Waals surface area (Å²) in [5.74, 6) is 1.18. The molecule has 11 heteroatoms. The van der Waals surface area contributed by atoms with Gasteiger partial charge < -0.3 is 20.5 Å². The van der Waals surface area contributed by atoms with Crippen LogP contribution < -0.4 is 15.8 Å². The van der Waals surface area contributed by atoms with Crippen LogP contribution in [0.3, 0.4) is 0 Å². The average molecular weight is 528 g/mol. The summed E-state index contributed by atoms with van der Waals surface area (Å²) in [5, 5.41) is 4.69. The number of sulfone groups is 1. The minimum Gasteiger partial charge on any atom is -0.469 e. The molecule has 3 N–H and O–H groups in total. The van der Waals surface area contributed by atoms with Crippen molar-refractivity contribution in [1.82, 2.24) is 15.0 Å². The molecule has 3 aromatic rings. The monoisotopic (exact) mass is 527 g/mol. The van der Waals surface area contributed by atoms with Crippen LogP contribution in [0.2, 0.25) is 0 Å². The number of pyridine rings is 3. The Bertz CT molecular complexity index is 1440. The maximum Gasteiger partial charge on any atom is 0.293 e. The van der Waals surface area contributed by atoms with Crippen LogP contribution in [-0.2, 0) is 19.4 Å². The van der Waals surface area contributed by atoms with E-state index >= 15 is 0 Å². The van der Waals surface area contributed by atoms with Gasteiger partial charge in [-0.1, -0.05) is 13.0 Å². The SMILES string of the molecule is Cc1ccc(Nc2cc3c(C(C)N)cnc(OC4(C)CS(=O)(=O)C4)c3cn2)nc1C(C)C(C)(C)OC=O. The first-order valence-corrected chi connectivity index (χ1v) is 13.9. The van der Waals surface area contributed by atoms with Gasteiger partial charge in [-0.25, -0.2) is 23.4 Å². The topological polar surface area (TPSA) is 146 Å². The molecule has 1 fully saturated rings. The van der Waals surface area contributed by atoms with Crippen molar-refractivity contribution in [3.63, 3.8) is 0 Å². The molecule has 0 aliphatic carbocycles. The molecule has 1 saturated heterocycles. The Balaban J connectivity index is 1.68. The molecular formula is C26H33N5O5S. The van der Waals surface area contributed by atoms with Crippen LogP contribution in [-0.4, -0.2) is 52.5 Å². The first-order chi connectivity index (χ1) is 17.2. The Morgan fingerprint density at radius 3 is 2.46 bits per heavy atom. The van der Waals surface area contributed by atoms with Crippen LogP contribution in [0.15, 0.2) is 30.6 Å². The summed E-state index contributed by atoms with van der Waals surface area (Å²) >= 11 is 0. The molecule has 198 valence electrons. The number of hydrogen-bond donors (Lipinski definition) is 2. The molecule has 2 unspecified atom stereocenters. The van der Waals surface area contributed by atoms with Crippen LogP contribution in [0.4, 0.5) is 11.6 Å². The summed E-state index contributed by atoms with van der Waals surface area (Å²) in [6.07, 6.45) is 3.29. The fraction of sp³-hybridized carbons (Fsp3) is 0.462. The van der Waals surface area contributed by atoms with E-state index in [9.17, 15) is 13.2 Å². The fourth-order valence-corrected chi connectivity index (χ4v) is 6.46. The van der Waals surface area contributed by atoms with E-state index in [2.05, 4.69) is 15.3 Å². The Morgan fingerprint density at radius 1 is 1.14 bits per heavy atom. The smallest absolute Gasteiger partial charge is 0.293 e. The molecule has 0 amide bonds. The molecule has 1 aliphatic rings. The molecular weight excluding hydrogens is 494 g/mol. The molecule has 0 saturated carbocycles. The van der Waals surface area contributed by atoms with E-state index in [4.69, 9.17) is 20.2 Å². The van der Waals surface area contributed by atoms with Gasteiger partial charge in [-0.3, -0.25) is 4.79 Å². The van der Waals surface area contributed by atoms with Crippen LogP contribution in [0.5, 0.6) is 5.88 Å². The van der Waals surface area contributed by atoms with Crippen LogP contribution in [0.25, 0.3) is 10.8 Å². The van der Waals surface area contributed by atoms with E-state index in [1.54, 1.807) is 19.3 Å². The molecule has 4 heterocycles. The summed E-state index contributed by atoms with van der Waals surface area (Å²) in [6, 6.07) is 5.36. The van der Waals surface area contributed by atoms with Crippen molar-refractivity contribution in [2.75, 3.05) is 16.8 Å². The number of hydrogen-bond acceptors (Lipinski definition) is 10. The highest BCUT2D eigenvalue weighted by molar-refractivity contribution is 7.93. The Hall–Kier alpha value is -3.31. The van der Waals surface area contributed by atoms with Crippen molar-refractivity contribution in [2.24, 2.45) is 5.73 Å². The maximum absolute atomic E-state index is 11.7. The van der Waals surface area contributed by atoms with Crippen LogP contribution in [0.1, 0.15) is 63.4 Å². The molecule has 10 nitrogen and oxygen atoms in total. The van der Waals surface area contributed by atoms with E-state index in [-0.39, 0.29) is 23.5 Å². The van der Waals surface area contributed by atoms with Crippen molar-refractivity contribution < 1.29 is 22.7 Å². The highest BCUT2D eigenvalue weighted by atomic mass is 32.2. The van der Waals surface area contributed by atoms with Crippen molar-refractivity contribution >= 4 is 38.7 Å². The largest absolute Gasteiger partial charge is 0.469 e.